The fourth-order valence-corrected chi connectivity index (χ4v) is 1.75. The Hall–Kier alpha value is -1.85. The standard InChI is InChI=1S/C10H14N6/c1-5-3-6(5)14-9-7-8(13-4-12-7)15-10(11-2)16-9/h4-6H,3H2,1-2H3,(H3,11,12,13,14,15,16). The van der Waals surface area contributed by atoms with Crippen LogP contribution in [0.4, 0.5) is 11.8 Å². The van der Waals surface area contributed by atoms with Gasteiger partial charge in [0.2, 0.25) is 5.95 Å². The Balaban J connectivity index is 2.02. The van der Waals surface area contributed by atoms with Crippen molar-refractivity contribution in [1.82, 2.24) is 19.9 Å². The van der Waals surface area contributed by atoms with Crippen LogP contribution in [0.1, 0.15) is 13.3 Å². The van der Waals surface area contributed by atoms with Crippen molar-refractivity contribution in [2.75, 3.05) is 17.7 Å². The summed E-state index contributed by atoms with van der Waals surface area (Å²) in [5, 5.41) is 6.35. The van der Waals surface area contributed by atoms with Gasteiger partial charge in [-0.2, -0.15) is 9.97 Å². The zero-order valence-corrected chi connectivity index (χ0v) is 9.28. The molecule has 2 atom stereocenters. The number of nitrogens with zero attached hydrogens (tertiary/aromatic N) is 3. The number of imidazole rings is 1. The highest BCUT2D eigenvalue weighted by atomic mass is 15.2. The van der Waals surface area contributed by atoms with Crippen LogP contribution < -0.4 is 10.6 Å². The molecule has 0 spiro atoms. The van der Waals surface area contributed by atoms with E-state index in [2.05, 4.69) is 37.5 Å². The molecule has 0 saturated heterocycles. The summed E-state index contributed by atoms with van der Waals surface area (Å²) in [4.78, 5) is 15.9. The molecule has 0 radical (unpaired) electrons. The van der Waals surface area contributed by atoms with Crippen LogP contribution in [0.15, 0.2) is 6.33 Å². The first kappa shape index (κ1) is 9.38. The van der Waals surface area contributed by atoms with Gasteiger partial charge < -0.3 is 15.6 Å². The van der Waals surface area contributed by atoms with Gasteiger partial charge in [-0.15, -0.1) is 0 Å². The second-order valence-corrected chi connectivity index (χ2v) is 4.21. The first-order valence-corrected chi connectivity index (χ1v) is 5.43. The molecule has 6 nitrogen and oxygen atoms in total. The molecule has 1 aliphatic carbocycles. The lowest BCUT2D eigenvalue weighted by Gasteiger charge is -2.06. The number of H-pyrrole nitrogens is 1. The van der Waals surface area contributed by atoms with Crippen LogP contribution in [0, 0.1) is 5.92 Å². The predicted molar refractivity (Wildman–Crippen MR) is 62.4 cm³/mol. The minimum atomic E-state index is 0.533. The third-order valence-corrected chi connectivity index (χ3v) is 2.94. The molecule has 2 aromatic heterocycles. The van der Waals surface area contributed by atoms with E-state index in [1.54, 1.807) is 13.4 Å². The van der Waals surface area contributed by atoms with Gasteiger partial charge in [0.1, 0.15) is 5.52 Å². The number of hydrogen-bond donors (Lipinski definition) is 3. The van der Waals surface area contributed by atoms with Crippen molar-refractivity contribution in [3.63, 3.8) is 0 Å². The first-order valence-electron chi connectivity index (χ1n) is 5.43. The van der Waals surface area contributed by atoms with Crippen LogP contribution in [0.5, 0.6) is 0 Å². The van der Waals surface area contributed by atoms with Gasteiger partial charge in [-0.05, 0) is 12.3 Å². The predicted octanol–water partition coefficient (Wildman–Crippen LogP) is 1.21. The van der Waals surface area contributed by atoms with E-state index in [-0.39, 0.29) is 0 Å². The number of aromatic nitrogens is 4. The summed E-state index contributed by atoms with van der Waals surface area (Å²) in [6.07, 6.45) is 2.84. The van der Waals surface area contributed by atoms with Crippen molar-refractivity contribution >= 4 is 22.9 Å². The van der Waals surface area contributed by atoms with Crippen LogP contribution in [-0.2, 0) is 0 Å². The first-order chi connectivity index (χ1) is 7.78. The molecule has 2 heterocycles. The molecule has 2 aromatic rings. The number of fused-ring (bicyclic) bond motifs is 1. The Morgan fingerprint density at radius 1 is 1.44 bits per heavy atom. The lowest BCUT2D eigenvalue weighted by atomic mass is 10.4. The van der Waals surface area contributed by atoms with Gasteiger partial charge in [0.25, 0.3) is 0 Å². The fourth-order valence-electron chi connectivity index (χ4n) is 1.75. The highest BCUT2D eigenvalue weighted by Gasteiger charge is 2.33. The Morgan fingerprint density at radius 3 is 2.94 bits per heavy atom. The third-order valence-electron chi connectivity index (χ3n) is 2.94. The van der Waals surface area contributed by atoms with Gasteiger partial charge in [-0.3, -0.25) is 0 Å². The molecule has 6 heteroatoms. The number of nitrogens with one attached hydrogen (secondary N) is 3. The number of hydrogen-bond acceptors (Lipinski definition) is 5. The second-order valence-electron chi connectivity index (χ2n) is 4.21. The summed E-state index contributed by atoms with van der Waals surface area (Å²) in [6.45, 7) is 2.22. The Morgan fingerprint density at radius 2 is 2.25 bits per heavy atom. The normalized spacial score (nSPS) is 23.4. The summed E-state index contributed by atoms with van der Waals surface area (Å²) in [6, 6.07) is 0.533. The lowest BCUT2D eigenvalue weighted by molar-refractivity contribution is 0.924. The summed E-state index contributed by atoms with van der Waals surface area (Å²) in [5.74, 6) is 2.16. The fraction of sp³-hybridized carbons (Fsp3) is 0.500. The van der Waals surface area contributed by atoms with Gasteiger partial charge >= 0.3 is 0 Å². The van der Waals surface area contributed by atoms with E-state index in [0.29, 0.717) is 17.6 Å². The molecule has 0 aliphatic heterocycles. The SMILES string of the molecule is CNc1nc(NC2CC2C)c2[nH]cnc2n1. The largest absolute Gasteiger partial charge is 0.365 e. The van der Waals surface area contributed by atoms with E-state index < -0.39 is 0 Å². The van der Waals surface area contributed by atoms with Crippen molar-refractivity contribution < 1.29 is 0 Å². The van der Waals surface area contributed by atoms with Gasteiger partial charge in [0.15, 0.2) is 11.5 Å². The van der Waals surface area contributed by atoms with E-state index in [9.17, 15) is 0 Å². The van der Waals surface area contributed by atoms with Crippen LogP contribution in [0.2, 0.25) is 0 Å². The molecule has 16 heavy (non-hydrogen) atoms. The van der Waals surface area contributed by atoms with Crippen molar-refractivity contribution in [2.24, 2.45) is 5.92 Å². The van der Waals surface area contributed by atoms with Gasteiger partial charge in [0, 0.05) is 13.1 Å². The molecular formula is C10H14N6. The van der Waals surface area contributed by atoms with Crippen LogP contribution >= 0.6 is 0 Å². The molecule has 1 saturated carbocycles. The van der Waals surface area contributed by atoms with E-state index in [1.165, 1.54) is 6.42 Å². The zero-order valence-electron chi connectivity index (χ0n) is 9.28. The minimum Gasteiger partial charge on any atom is -0.365 e. The molecule has 1 aliphatic rings. The molecule has 0 amide bonds. The average Bonchev–Trinajstić information content (AvgIpc) is 2.81. The lowest BCUT2D eigenvalue weighted by Crippen LogP contribution is -2.08. The summed E-state index contributed by atoms with van der Waals surface area (Å²) in [7, 11) is 1.80. The van der Waals surface area contributed by atoms with Crippen molar-refractivity contribution in [3.8, 4) is 0 Å². The molecule has 3 rings (SSSR count). The second kappa shape index (κ2) is 3.33. The molecule has 0 bridgehead atoms. The van der Waals surface area contributed by atoms with Gasteiger partial charge in [-0.1, -0.05) is 6.92 Å². The van der Waals surface area contributed by atoms with Crippen molar-refractivity contribution in [3.05, 3.63) is 6.33 Å². The Kier molecular flexibility index (Phi) is 1.95. The maximum Gasteiger partial charge on any atom is 0.226 e. The van der Waals surface area contributed by atoms with Crippen LogP contribution in [0.25, 0.3) is 11.2 Å². The summed E-state index contributed by atoms with van der Waals surface area (Å²) >= 11 is 0. The van der Waals surface area contributed by atoms with E-state index >= 15 is 0 Å². The Bertz CT molecular complexity index is 519. The summed E-state index contributed by atoms with van der Waals surface area (Å²) in [5.41, 5.74) is 1.56. The smallest absolute Gasteiger partial charge is 0.226 e. The average molecular weight is 218 g/mol. The topological polar surface area (TPSA) is 78.5 Å². The van der Waals surface area contributed by atoms with Crippen molar-refractivity contribution in [1.29, 1.82) is 0 Å². The number of rotatable bonds is 3. The van der Waals surface area contributed by atoms with E-state index in [1.807, 2.05) is 0 Å². The van der Waals surface area contributed by atoms with Gasteiger partial charge in [-0.25, -0.2) is 4.98 Å². The van der Waals surface area contributed by atoms with Crippen LogP contribution in [-0.4, -0.2) is 33.0 Å². The Labute approximate surface area is 92.9 Å². The van der Waals surface area contributed by atoms with Crippen molar-refractivity contribution in [2.45, 2.75) is 19.4 Å². The van der Waals surface area contributed by atoms with Crippen LogP contribution in [0.3, 0.4) is 0 Å². The molecule has 1 fully saturated rings. The van der Waals surface area contributed by atoms with E-state index in [4.69, 9.17) is 0 Å². The van der Waals surface area contributed by atoms with E-state index in [0.717, 1.165) is 17.3 Å². The maximum atomic E-state index is 4.40. The minimum absolute atomic E-state index is 0.533. The highest BCUT2D eigenvalue weighted by molar-refractivity contribution is 5.83. The molecule has 3 N–H and O–H groups in total. The molecule has 0 aromatic carbocycles. The number of aromatic amines is 1. The highest BCUT2D eigenvalue weighted by Crippen LogP contribution is 2.33. The maximum absolute atomic E-state index is 4.40. The zero-order chi connectivity index (χ0) is 11.1. The third kappa shape index (κ3) is 1.46. The molecular weight excluding hydrogens is 204 g/mol. The quantitative estimate of drug-likeness (QED) is 0.721. The molecule has 84 valence electrons. The summed E-state index contributed by atoms with van der Waals surface area (Å²) < 4.78 is 0. The monoisotopic (exact) mass is 218 g/mol. The molecule has 2 unspecified atom stereocenters. The number of anilines is 2. The van der Waals surface area contributed by atoms with Gasteiger partial charge in [0.05, 0.1) is 6.33 Å².